The van der Waals surface area contributed by atoms with Gasteiger partial charge in [-0.3, -0.25) is 0 Å². The molecule has 0 bridgehead atoms. The van der Waals surface area contributed by atoms with Crippen LogP contribution in [-0.2, 0) is 0 Å². The maximum atomic E-state index is 2.30. The smallest absolute Gasteiger partial charge is 0.00817 e. The molecule has 20 heavy (non-hydrogen) atoms. The van der Waals surface area contributed by atoms with E-state index in [4.69, 9.17) is 0 Å². The van der Waals surface area contributed by atoms with Crippen molar-refractivity contribution in [1.82, 2.24) is 0 Å². The highest BCUT2D eigenvalue weighted by Crippen LogP contribution is 2.43. The molecule has 0 nitrogen and oxygen atoms in total. The Bertz CT molecular complexity index is 785. The van der Waals surface area contributed by atoms with E-state index in [1.807, 2.05) is 0 Å². The Morgan fingerprint density at radius 3 is 2.35 bits per heavy atom. The Balaban J connectivity index is 2.01. The first-order chi connectivity index (χ1) is 9.84. The van der Waals surface area contributed by atoms with Crippen LogP contribution in [0.1, 0.15) is 35.6 Å². The van der Waals surface area contributed by atoms with Gasteiger partial charge >= 0.3 is 0 Å². The summed E-state index contributed by atoms with van der Waals surface area (Å²) in [5.74, 6) is 0. The molecule has 2 aliphatic carbocycles. The van der Waals surface area contributed by atoms with Crippen molar-refractivity contribution >= 4 is 23.3 Å². The summed E-state index contributed by atoms with van der Waals surface area (Å²) in [5.41, 5.74) is 9.71. The predicted octanol–water partition coefficient (Wildman–Crippen LogP) is 5.43. The Morgan fingerprint density at radius 2 is 1.50 bits per heavy atom. The predicted molar refractivity (Wildman–Crippen MR) is 87.0 cm³/mol. The van der Waals surface area contributed by atoms with E-state index in [-0.39, 0.29) is 0 Å². The topological polar surface area (TPSA) is 0 Å². The summed E-state index contributed by atoms with van der Waals surface area (Å²) in [7, 11) is 0. The molecule has 0 N–H and O–H groups in total. The van der Waals surface area contributed by atoms with Crippen molar-refractivity contribution in [2.24, 2.45) is 0 Å². The average molecular weight is 256 g/mol. The lowest BCUT2D eigenvalue weighted by Gasteiger charge is -2.18. The average Bonchev–Trinajstić information content (AvgIpc) is 2.82. The molecule has 0 saturated carbocycles. The van der Waals surface area contributed by atoms with Crippen LogP contribution in [0.3, 0.4) is 0 Å². The fourth-order valence-electron chi connectivity index (χ4n) is 3.34. The molecule has 2 aliphatic rings. The van der Waals surface area contributed by atoms with Crippen LogP contribution >= 0.6 is 0 Å². The van der Waals surface area contributed by atoms with Crippen LogP contribution in [0.15, 0.2) is 60.2 Å². The molecule has 0 spiro atoms. The minimum absolute atomic E-state index is 1.02. The molecule has 0 saturated heterocycles. The van der Waals surface area contributed by atoms with Crippen molar-refractivity contribution in [3.05, 3.63) is 82.4 Å². The van der Waals surface area contributed by atoms with Crippen molar-refractivity contribution in [2.45, 2.75) is 13.3 Å². The van der Waals surface area contributed by atoms with E-state index < -0.39 is 0 Å². The molecule has 4 rings (SSSR count). The number of hydrogen-bond donors (Lipinski definition) is 0. The van der Waals surface area contributed by atoms with Gasteiger partial charge in [-0.1, -0.05) is 66.8 Å². The molecule has 0 aliphatic heterocycles. The van der Waals surface area contributed by atoms with Crippen molar-refractivity contribution in [1.29, 1.82) is 0 Å². The zero-order chi connectivity index (χ0) is 13.5. The Hall–Kier alpha value is -2.34. The zero-order valence-electron chi connectivity index (χ0n) is 11.6. The van der Waals surface area contributed by atoms with Gasteiger partial charge in [-0.2, -0.15) is 0 Å². The van der Waals surface area contributed by atoms with E-state index in [0.717, 1.165) is 6.42 Å². The monoisotopic (exact) mass is 256 g/mol. The minimum Gasteiger partial charge on any atom is -0.0795 e. The first-order valence-electron chi connectivity index (χ1n) is 7.12. The van der Waals surface area contributed by atoms with Gasteiger partial charge in [-0.25, -0.2) is 0 Å². The van der Waals surface area contributed by atoms with Crippen LogP contribution in [0.2, 0.25) is 0 Å². The molecular formula is C20H16. The summed E-state index contributed by atoms with van der Waals surface area (Å²) in [5, 5.41) is 0. The SMILES string of the molecule is CC1=Cc2ccccc2C1=C1CC=Cc2ccccc21. The lowest BCUT2D eigenvalue weighted by atomic mass is 9.85. The molecule has 0 amide bonds. The van der Waals surface area contributed by atoms with Gasteiger partial charge in [0.05, 0.1) is 0 Å². The van der Waals surface area contributed by atoms with E-state index in [9.17, 15) is 0 Å². The van der Waals surface area contributed by atoms with Gasteiger partial charge in [0.2, 0.25) is 0 Å². The van der Waals surface area contributed by atoms with E-state index >= 15 is 0 Å². The molecule has 0 unspecified atom stereocenters. The molecule has 0 fully saturated rings. The van der Waals surface area contributed by atoms with Crippen LogP contribution < -0.4 is 0 Å². The maximum Gasteiger partial charge on any atom is -0.00817 e. The van der Waals surface area contributed by atoms with Gasteiger partial charge in [0, 0.05) is 0 Å². The number of rotatable bonds is 0. The third-order valence-electron chi connectivity index (χ3n) is 4.20. The summed E-state index contributed by atoms with van der Waals surface area (Å²) < 4.78 is 0. The molecule has 0 radical (unpaired) electrons. The second-order valence-electron chi connectivity index (χ2n) is 5.46. The second-order valence-corrected chi connectivity index (χ2v) is 5.46. The lowest BCUT2D eigenvalue weighted by molar-refractivity contribution is 1.35. The van der Waals surface area contributed by atoms with Crippen LogP contribution in [0.5, 0.6) is 0 Å². The summed E-state index contributed by atoms with van der Waals surface area (Å²) in [4.78, 5) is 0. The summed E-state index contributed by atoms with van der Waals surface area (Å²) >= 11 is 0. The molecule has 0 heteroatoms. The van der Waals surface area contributed by atoms with Crippen LogP contribution in [0.4, 0.5) is 0 Å². The molecule has 2 aromatic rings. The van der Waals surface area contributed by atoms with Gasteiger partial charge < -0.3 is 0 Å². The van der Waals surface area contributed by atoms with Crippen molar-refractivity contribution in [3.63, 3.8) is 0 Å². The first-order valence-corrected chi connectivity index (χ1v) is 7.12. The van der Waals surface area contributed by atoms with Gasteiger partial charge in [0.15, 0.2) is 0 Å². The summed E-state index contributed by atoms with van der Waals surface area (Å²) in [6.45, 7) is 2.23. The quantitative estimate of drug-likeness (QED) is 0.589. The van der Waals surface area contributed by atoms with E-state index in [1.165, 1.54) is 39.0 Å². The Kier molecular flexibility index (Phi) is 2.50. The highest BCUT2D eigenvalue weighted by Gasteiger charge is 2.21. The normalized spacial score (nSPS) is 19.6. The number of allylic oxidation sites excluding steroid dienone is 4. The second kappa shape index (κ2) is 4.35. The Morgan fingerprint density at radius 1 is 0.800 bits per heavy atom. The van der Waals surface area contributed by atoms with E-state index in [2.05, 4.69) is 73.7 Å². The molecular weight excluding hydrogens is 240 g/mol. The van der Waals surface area contributed by atoms with Gasteiger partial charge in [0.1, 0.15) is 0 Å². The fraction of sp³-hybridized carbons (Fsp3) is 0.100. The first kappa shape index (κ1) is 11.5. The number of hydrogen-bond acceptors (Lipinski definition) is 0. The Labute approximate surface area is 119 Å². The zero-order valence-corrected chi connectivity index (χ0v) is 11.6. The van der Waals surface area contributed by atoms with Crippen LogP contribution in [-0.4, -0.2) is 0 Å². The fourth-order valence-corrected chi connectivity index (χ4v) is 3.34. The van der Waals surface area contributed by atoms with Crippen molar-refractivity contribution in [2.75, 3.05) is 0 Å². The summed E-state index contributed by atoms with van der Waals surface area (Å²) in [6.07, 6.45) is 7.84. The van der Waals surface area contributed by atoms with E-state index in [0.29, 0.717) is 0 Å². The summed E-state index contributed by atoms with van der Waals surface area (Å²) in [6, 6.07) is 17.4. The van der Waals surface area contributed by atoms with Crippen molar-refractivity contribution < 1.29 is 0 Å². The molecule has 96 valence electrons. The number of benzene rings is 2. The van der Waals surface area contributed by atoms with Crippen LogP contribution in [0, 0.1) is 0 Å². The molecule has 0 atom stereocenters. The highest BCUT2D eigenvalue weighted by atomic mass is 14.3. The molecule has 2 aromatic carbocycles. The number of fused-ring (bicyclic) bond motifs is 2. The largest absolute Gasteiger partial charge is 0.0795 e. The third-order valence-corrected chi connectivity index (χ3v) is 4.20. The van der Waals surface area contributed by atoms with Gasteiger partial charge in [-0.05, 0) is 52.3 Å². The minimum atomic E-state index is 1.02. The lowest BCUT2D eigenvalue weighted by Crippen LogP contribution is -1.97. The maximum absolute atomic E-state index is 2.30. The van der Waals surface area contributed by atoms with E-state index in [1.54, 1.807) is 0 Å². The standard InChI is InChI=1S/C20H16/c1-14-13-16-8-3-5-11-18(16)20(14)19-12-6-9-15-7-2-4-10-17(15)19/h2-11,13H,12H2,1H3. The van der Waals surface area contributed by atoms with Crippen LogP contribution in [0.25, 0.3) is 23.3 Å². The van der Waals surface area contributed by atoms with Crippen molar-refractivity contribution in [3.8, 4) is 0 Å². The molecule has 0 aromatic heterocycles. The highest BCUT2D eigenvalue weighted by molar-refractivity contribution is 6.07. The van der Waals surface area contributed by atoms with Gasteiger partial charge in [0.25, 0.3) is 0 Å². The van der Waals surface area contributed by atoms with Gasteiger partial charge in [-0.15, -0.1) is 0 Å². The third kappa shape index (κ3) is 1.61. The molecule has 0 heterocycles.